The summed E-state index contributed by atoms with van der Waals surface area (Å²) in [6.07, 6.45) is 1.95. The smallest absolute Gasteiger partial charge is 0.214 e. The van der Waals surface area contributed by atoms with E-state index in [1.807, 2.05) is 6.92 Å². The molecule has 24 heavy (non-hydrogen) atoms. The lowest BCUT2D eigenvalue weighted by molar-refractivity contribution is 0.840. The SMILES string of the molecule is CCCc1nc(Sc2nc(C)nc3scc(-c4cccs4)c23)n[nH]1. The predicted octanol–water partition coefficient (Wildman–Crippen LogP) is 4.95. The number of aryl methyl sites for hydroxylation is 2. The lowest BCUT2D eigenvalue weighted by Gasteiger charge is -2.03. The summed E-state index contributed by atoms with van der Waals surface area (Å²) < 4.78 is 0. The lowest BCUT2D eigenvalue weighted by Crippen LogP contribution is -1.91. The van der Waals surface area contributed by atoms with E-state index in [1.54, 1.807) is 22.7 Å². The van der Waals surface area contributed by atoms with E-state index in [9.17, 15) is 0 Å². The first-order valence-corrected chi connectivity index (χ1v) is 10.2. The predicted molar refractivity (Wildman–Crippen MR) is 100.0 cm³/mol. The molecule has 0 amide bonds. The standard InChI is InChI=1S/C16H15N5S3/c1-3-5-12-19-16(21-20-12)24-15-13-10(11-6-4-7-22-11)8-23-14(13)17-9(2)18-15/h4,6-8H,3,5H2,1-2H3,(H,19,20,21). The molecule has 0 unspecified atom stereocenters. The quantitative estimate of drug-likeness (QED) is 0.501. The number of aromatic amines is 1. The van der Waals surface area contributed by atoms with Gasteiger partial charge in [-0.2, -0.15) is 0 Å². The Labute approximate surface area is 151 Å². The van der Waals surface area contributed by atoms with Gasteiger partial charge in [0.05, 0.1) is 5.39 Å². The summed E-state index contributed by atoms with van der Waals surface area (Å²) >= 11 is 4.89. The molecule has 4 aromatic rings. The van der Waals surface area contributed by atoms with E-state index in [0.29, 0.717) is 5.16 Å². The van der Waals surface area contributed by atoms with Crippen LogP contribution in [0.1, 0.15) is 25.0 Å². The second kappa shape index (κ2) is 6.62. The summed E-state index contributed by atoms with van der Waals surface area (Å²) in [7, 11) is 0. The molecule has 0 aliphatic carbocycles. The van der Waals surface area contributed by atoms with Crippen molar-refractivity contribution in [1.82, 2.24) is 25.1 Å². The van der Waals surface area contributed by atoms with Crippen LogP contribution in [0.5, 0.6) is 0 Å². The van der Waals surface area contributed by atoms with Crippen LogP contribution >= 0.6 is 34.4 Å². The van der Waals surface area contributed by atoms with Crippen molar-refractivity contribution in [3.8, 4) is 10.4 Å². The van der Waals surface area contributed by atoms with Gasteiger partial charge in [0, 0.05) is 22.2 Å². The Morgan fingerprint density at radius 1 is 1.21 bits per heavy atom. The van der Waals surface area contributed by atoms with Gasteiger partial charge in [-0.25, -0.2) is 15.0 Å². The average molecular weight is 374 g/mol. The lowest BCUT2D eigenvalue weighted by atomic mass is 10.2. The highest BCUT2D eigenvalue weighted by Crippen LogP contribution is 2.41. The molecule has 0 radical (unpaired) electrons. The van der Waals surface area contributed by atoms with E-state index in [0.717, 1.165) is 39.7 Å². The molecule has 0 aromatic carbocycles. The van der Waals surface area contributed by atoms with Crippen LogP contribution in [-0.2, 0) is 6.42 Å². The normalized spacial score (nSPS) is 11.4. The maximum absolute atomic E-state index is 4.66. The first-order chi connectivity index (χ1) is 11.7. The van der Waals surface area contributed by atoms with Crippen LogP contribution in [0.3, 0.4) is 0 Å². The third-order valence-corrected chi connectivity index (χ3v) is 6.11. The number of rotatable bonds is 5. The molecule has 0 spiro atoms. The van der Waals surface area contributed by atoms with Crippen LogP contribution in [0.4, 0.5) is 0 Å². The molecule has 0 aliphatic rings. The van der Waals surface area contributed by atoms with E-state index in [-0.39, 0.29) is 0 Å². The van der Waals surface area contributed by atoms with E-state index < -0.39 is 0 Å². The molecule has 0 aliphatic heterocycles. The van der Waals surface area contributed by atoms with Crippen LogP contribution in [0.15, 0.2) is 33.1 Å². The minimum Gasteiger partial charge on any atom is -0.262 e. The highest BCUT2D eigenvalue weighted by Gasteiger charge is 2.17. The zero-order valence-electron chi connectivity index (χ0n) is 13.2. The van der Waals surface area contributed by atoms with Gasteiger partial charge < -0.3 is 0 Å². The van der Waals surface area contributed by atoms with Crippen molar-refractivity contribution in [3.63, 3.8) is 0 Å². The van der Waals surface area contributed by atoms with Crippen molar-refractivity contribution < 1.29 is 0 Å². The Kier molecular flexibility index (Phi) is 4.34. The maximum atomic E-state index is 4.66. The first kappa shape index (κ1) is 15.7. The summed E-state index contributed by atoms with van der Waals surface area (Å²) in [5.41, 5.74) is 1.19. The molecule has 0 saturated heterocycles. The first-order valence-electron chi connectivity index (χ1n) is 7.63. The zero-order chi connectivity index (χ0) is 16.5. The van der Waals surface area contributed by atoms with Gasteiger partial charge in [-0.05, 0) is 36.6 Å². The molecule has 0 atom stereocenters. The van der Waals surface area contributed by atoms with Crippen molar-refractivity contribution in [2.24, 2.45) is 0 Å². The fraction of sp³-hybridized carbons (Fsp3) is 0.250. The highest BCUT2D eigenvalue weighted by atomic mass is 32.2. The van der Waals surface area contributed by atoms with Crippen molar-refractivity contribution in [2.45, 2.75) is 36.9 Å². The van der Waals surface area contributed by atoms with Gasteiger partial charge >= 0.3 is 0 Å². The molecular weight excluding hydrogens is 358 g/mol. The third kappa shape index (κ3) is 2.97. The number of H-pyrrole nitrogens is 1. The minimum absolute atomic E-state index is 0.709. The van der Waals surface area contributed by atoms with Gasteiger partial charge in [-0.3, -0.25) is 5.10 Å². The van der Waals surface area contributed by atoms with E-state index in [2.05, 4.69) is 55.0 Å². The topological polar surface area (TPSA) is 67.3 Å². The van der Waals surface area contributed by atoms with Crippen molar-refractivity contribution >= 4 is 44.7 Å². The molecule has 0 fully saturated rings. The molecule has 4 aromatic heterocycles. The van der Waals surface area contributed by atoms with Gasteiger partial charge in [0.1, 0.15) is 21.5 Å². The van der Waals surface area contributed by atoms with E-state index in [1.165, 1.54) is 22.2 Å². The molecule has 122 valence electrons. The molecule has 1 N–H and O–H groups in total. The van der Waals surface area contributed by atoms with Gasteiger partial charge in [0.15, 0.2) is 0 Å². The van der Waals surface area contributed by atoms with Crippen molar-refractivity contribution in [3.05, 3.63) is 34.5 Å². The van der Waals surface area contributed by atoms with Crippen molar-refractivity contribution in [2.75, 3.05) is 0 Å². The minimum atomic E-state index is 0.709. The molecule has 8 heteroatoms. The number of thiophene rings is 2. The summed E-state index contributed by atoms with van der Waals surface area (Å²) in [5, 5.41) is 14.3. The molecule has 5 nitrogen and oxygen atoms in total. The highest BCUT2D eigenvalue weighted by molar-refractivity contribution is 7.99. The number of fused-ring (bicyclic) bond motifs is 1. The number of nitrogens with one attached hydrogen (secondary N) is 1. The summed E-state index contributed by atoms with van der Waals surface area (Å²) in [6.45, 7) is 4.06. The molecule has 4 heterocycles. The Bertz CT molecular complexity index is 971. The third-order valence-electron chi connectivity index (χ3n) is 3.48. The number of hydrogen-bond donors (Lipinski definition) is 1. The Balaban J connectivity index is 1.79. The van der Waals surface area contributed by atoms with Gasteiger partial charge in [-0.1, -0.05) is 13.0 Å². The van der Waals surface area contributed by atoms with Crippen LogP contribution < -0.4 is 0 Å². The second-order valence-electron chi connectivity index (χ2n) is 5.30. The maximum Gasteiger partial charge on any atom is 0.214 e. The summed E-state index contributed by atoms with van der Waals surface area (Å²) in [6, 6.07) is 4.20. The Hall–Kier alpha value is -1.77. The summed E-state index contributed by atoms with van der Waals surface area (Å²) in [5.74, 6) is 1.69. The van der Waals surface area contributed by atoms with Crippen LogP contribution in [0.25, 0.3) is 20.7 Å². The summed E-state index contributed by atoms with van der Waals surface area (Å²) in [4.78, 5) is 16.1. The Morgan fingerprint density at radius 3 is 2.92 bits per heavy atom. The van der Waals surface area contributed by atoms with Gasteiger partial charge in [-0.15, -0.1) is 27.8 Å². The number of nitrogens with zero attached hydrogens (tertiary/aromatic N) is 4. The number of aromatic nitrogens is 5. The van der Waals surface area contributed by atoms with E-state index >= 15 is 0 Å². The zero-order valence-corrected chi connectivity index (χ0v) is 15.7. The molecule has 0 bridgehead atoms. The van der Waals surface area contributed by atoms with Gasteiger partial charge in [0.25, 0.3) is 0 Å². The van der Waals surface area contributed by atoms with Crippen LogP contribution in [0.2, 0.25) is 0 Å². The van der Waals surface area contributed by atoms with Crippen molar-refractivity contribution in [1.29, 1.82) is 0 Å². The fourth-order valence-corrected chi connectivity index (χ4v) is 5.24. The Morgan fingerprint density at radius 2 is 2.12 bits per heavy atom. The van der Waals surface area contributed by atoms with Crippen LogP contribution in [-0.4, -0.2) is 25.1 Å². The van der Waals surface area contributed by atoms with Crippen LogP contribution in [0, 0.1) is 6.92 Å². The monoisotopic (exact) mass is 373 g/mol. The molecule has 4 rings (SSSR count). The average Bonchev–Trinajstić information content (AvgIpc) is 3.27. The fourth-order valence-electron chi connectivity index (χ4n) is 2.46. The van der Waals surface area contributed by atoms with E-state index in [4.69, 9.17) is 0 Å². The molecular formula is C16H15N5S3. The number of hydrogen-bond acceptors (Lipinski definition) is 7. The second-order valence-corrected chi connectivity index (χ2v) is 8.06. The van der Waals surface area contributed by atoms with Gasteiger partial charge in [0.2, 0.25) is 5.16 Å². The molecule has 0 saturated carbocycles. The largest absolute Gasteiger partial charge is 0.262 e.